The van der Waals surface area contributed by atoms with Crippen LogP contribution in [-0.4, -0.2) is 17.9 Å². The third kappa shape index (κ3) is 5.43. The Morgan fingerprint density at radius 2 is 1.73 bits per heavy atom. The van der Waals surface area contributed by atoms with Gasteiger partial charge in [-0.1, -0.05) is 76.9 Å². The van der Waals surface area contributed by atoms with Crippen LogP contribution >= 0.6 is 0 Å². The standard InChI is InChI=1S/C30H48O3/c1-4-5-6-7-8-9-10-11-12-28(32)33-27-16-15-26-29-21(2)19-22-20-23(31)13-14-24(22)25(29)17-18-30(26,27)3/h21,25-27,29H,4-20H2,1-3H3/t21-,25-,26+,27+,29-,30+/m1/s1. The van der Waals surface area contributed by atoms with E-state index in [1.807, 2.05) is 0 Å². The first-order valence-electron chi connectivity index (χ1n) is 14.4. The van der Waals surface area contributed by atoms with Crippen molar-refractivity contribution in [3.05, 3.63) is 11.1 Å². The van der Waals surface area contributed by atoms with Crippen molar-refractivity contribution in [2.75, 3.05) is 0 Å². The van der Waals surface area contributed by atoms with E-state index in [0.717, 1.165) is 44.9 Å². The van der Waals surface area contributed by atoms with Crippen LogP contribution in [0.1, 0.15) is 130 Å². The normalized spacial score (nSPS) is 35.7. The maximum Gasteiger partial charge on any atom is 0.306 e. The molecule has 0 aliphatic heterocycles. The Morgan fingerprint density at radius 3 is 2.48 bits per heavy atom. The molecular formula is C30H48O3. The highest BCUT2D eigenvalue weighted by molar-refractivity contribution is 5.82. The zero-order valence-corrected chi connectivity index (χ0v) is 21.6. The smallest absolute Gasteiger partial charge is 0.306 e. The fourth-order valence-corrected chi connectivity index (χ4v) is 8.23. The third-order valence-electron chi connectivity index (χ3n) is 9.96. The number of esters is 1. The van der Waals surface area contributed by atoms with Gasteiger partial charge < -0.3 is 4.74 Å². The van der Waals surface area contributed by atoms with Crippen LogP contribution in [0.5, 0.6) is 0 Å². The molecule has 186 valence electrons. The van der Waals surface area contributed by atoms with E-state index in [2.05, 4.69) is 20.8 Å². The Hall–Kier alpha value is -1.12. The van der Waals surface area contributed by atoms with Gasteiger partial charge >= 0.3 is 5.97 Å². The van der Waals surface area contributed by atoms with Gasteiger partial charge in [0.1, 0.15) is 11.9 Å². The summed E-state index contributed by atoms with van der Waals surface area (Å²) in [5.41, 5.74) is 3.30. The van der Waals surface area contributed by atoms with Gasteiger partial charge in [-0.15, -0.1) is 0 Å². The lowest BCUT2D eigenvalue weighted by Gasteiger charge is -2.53. The van der Waals surface area contributed by atoms with Crippen molar-refractivity contribution in [1.82, 2.24) is 0 Å². The molecule has 0 aromatic heterocycles. The first kappa shape index (κ1) is 25.0. The molecule has 4 aliphatic rings. The van der Waals surface area contributed by atoms with Gasteiger partial charge in [0, 0.05) is 24.7 Å². The fourth-order valence-electron chi connectivity index (χ4n) is 8.23. The molecule has 0 aromatic rings. The molecule has 6 atom stereocenters. The molecule has 33 heavy (non-hydrogen) atoms. The number of hydrogen-bond acceptors (Lipinski definition) is 3. The number of carbonyl (C=O) groups excluding carboxylic acids is 2. The molecule has 0 heterocycles. The summed E-state index contributed by atoms with van der Waals surface area (Å²) in [4.78, 5) is 24.7. The number of hydrogen-bond donors (Lipinski definition) is 0. The highest BCUT2D eigenvalue weighted by Gasteiger charge is 2.58. The minimum atomic E-state index is 0.0439. The van der Waals surface area contributed by atoms with Gasteiger partial charge in [-0.2, -0.15) is 0 Å². The van der Waals surface area contributed by atoms with Crippen molar-refractivity contribution >= 4 is 11.8 Å². The van der Waals surface area contributed by atoms with E-state index in [1.165, 1.54) is 63.4 Å². The van der Waals surface area contributed by atoms with E-state index in [9.17, 15) is 9.59 Å². The second-order valence-electron chi connectivity index (χ2n) is 12.1. The van der Waals surface area contributed by atoms with Crippen LogP contribution in [0.2, 0.25) is 0 Å². The Morgan fingerprint density at radius 1 is 1.00 bits per heavy atom. The van der Waals surface area contributed by atoms with Gasteiger partial charge in [0.05, 0.1) is 0 Å². The minimum absolute atomic E-state index is 0.0439. The van der Waals surface area contributed by atoms with Crippen LogP contribution in [0.15, 0.2) is 11.1 Å². The van der Waals surface area contributed by atoms with Crippen molar-refractivity contribution < 1.29 is 14.3 Å². The summed E-state index contributed by atoms with van der Waals surface area (Å²) in [6, 6.07) is 0. The first-order valence-corrected chi connectivity index (χ1v) is 14.4. The molecule has 2 fully saturated rings. The topological polar surface area (TPSA) is 43.4 Å². The second kappa shape index (κ2) is 11.1. The van der Waals surface area contributed by atoms with Gasteiger partial charge in [0.2, 0.25) is 0 Å². The summed E-state index contributed by atoms with van der Waals surface area (Å²) in [5.74, 6) is 3.20. The molecule has 0 unspecified atom stereocenters. The van der Waals surface area contributed by atoms with Crippen molar-refractivity contribution in [3.63, 3.8) is 0 Å². The summed E-state index contributed by atoms with van der Waals surface area (Å²) >= 11 is 0. The zero-order chi connectivity index (χ0) is 23.4. The zero-order valence-electron chi connectivity index (χ0n) is 21.6. The number of ether oxygens (including phenoxy) is 1. The summed E-state index contributed by atoms with van der Waals surface area (Å²) < 4.78 is 6.18. The summed E-state index contributed by atoms with van der Waals surface area (Å²) in [7, 11) is 0. The lowest BCUT2D eigenvalue weighted by atomic mass is 9.51. The van der Waals surface area contributed by atoms with E-state index >= 15 is 0 Å². The van der Waals surface area contributed by atoms with Gasteiger partial charge in [-0.3, -0.25) is 9.59 Å². The number of rotatable bonds is 10. The van der Waals surface area contributed by atoms with Crippen LogP contribution in [0, 0.1) is 29.1 Å². The maximum atomic E-state index is 12.7. The molecule has 0 amide bonds. The number of ketones is 1. The second-order valence-corrected chi connectivity index (χ2v) is 12.1. The lowest BCUT2D eigenvalue weighted by molar-refractivity contribution is -0.158. The number of carbonyl (C=O) groups is 2. The molecule has 3 heteroatoms. The van der Waals surface area contributed by atoms with Crippen LogP contribution < -0.4 is 0 Å². The molecule has 0 spiro atoms. The maximum absolute atomic E-state index is 12.7. The summed E-state index contributed by atoms with van der Waals surface area (Å²) in [5, 5.41) is 0. The molecule has 0 aromatic carbocycles. The summed E-state index contributed by atoms with van der Waals surface area (Å²) in [6.45, 7) is 7.11. The van der Waals surface area contributed by atoms with Gasteiger partial charge in [-0.05, 0) is 68.6 Å². The summed E-state index contributed by atoms with van der Waals surface area (Å²) in [6.07, 6.45) is 19.0. The molecule has 0 radical (unpaired) electrons. The molecule has 4 aliphatic carbocycles. The van der Waals surface area contributed by atoms with E-state index in [0.29, 0.717) is 35.9 Å². The van der Waals surface area contributed by atoms with Gasteiger partial charge in [-0.25, -0.2) is 0 Å². The average molecular weight is 457 g/mol. The van der Waals surface area contributed by atoms with E-state index in [4.69, 9.17) is 4.74 Å². The average Bonchev–Trinajstić information content (AvgIpc) is 3.11. The van der Waals surface area contributed by atoms with Crippen LogP contribution in [0.4, 0.5) is 0 Å². The Kier molecular flexibility index (Phi) is 8.39. The Labute approximate surface area is 202 Å². The van der Waals surface area contributed by atoms with Crippen molar-refractivity contribution in [2.45, 2.75) is 136 Å². The SMILES string of the molecule is CCCCCCCCCCC(=O)O[C@H]1CC[C@H]2[C@@H]3[C@H](C)CC4=C(CCC(=O)C4)[C@H]3CC[C@]12C. The first-order chi connectivity index (χ1) is 15.9. The van der Waals surface area contributed by atoms with Crippen LogP contribution in [-0.2, 0) is 14.3 Å². The molecule has 0 saturated heterocycles. The quantitative estimate of drug-likeness (QED) is 0.190. The highest BCUT2D eigenvalue weighted by Crippen LogP contribution is 2.63. The lowest BCUT2D eigenvalue weighted by Crippen LogP contribution is -2.48. The number of fused-ring (bicyclic) bond motifs is 4. The highest BCUT2D eigenvalue weighted by atomic mass is 16.5. The molecular weight excluding hydrogens is 408 g/mol. The molecule has 2 saturated carbocycles. The van der Waals surface area contributed by atoms with Crippen LogP contribution in [0.3, 0.4) is 0 Å². The van der Waals surface area contributed by atoms with Gasteiger partial charge in [0.15, 0.2) is 0 Å². The Balaban J connectivity index is 1.28. The third-order valence-corrected chi connectivity index (χ3v) is 9.96. The molecule has 0 bridgehead atoms. The van der Waals surface area contributed by atoms with E-state index in [-0.39, 0.29) is 17.5 Å². The Bertz CT molecular complexity index is 737. The molecule has 3 nitrogen and oxygen atoms in total. The molecule has 0 N–H and O–H groups in total. The minimum Gasteiger partial charge on any atom is -0.462 e. The van der Waals surface area contributed by atoms with Crippen LogP contribution in [0.25, 0.3) is 0 Å². The van der Waals surface area contributed by atoms with Crippen molar-refractivity contribution in [1.29, 1.82) is 0 Å². The fraction of sp³-hybridized carbons (Fsp3) is 0.867. The predicted octanol–water partition coefficient (Wildman–Crippen LogP) is 7.96. The monoisotopic (exact) mass is 456 g/mol. The van der Waals surface area contributed by atoms with E-state index < -0.39 is 0 Å². The number of Topliss-reactive ketones (excluding diaryl/α,β-unsaturated/α-hetero) is 1. The van der Waals surface area contributed by atoms with Gasteiger partial charge in [0.25, 0.3) is 0 Å². The number of allylic oxidation sites excluding steroid dienone is 2. The largest absolute Gasteiger partial charge is 0.462 e. The molecule has 4 rings (SSSR count). The number of unbranched alkanes of at least 4 members (excludes halogenated alkanes) is 7. The van der Waals surface area contributed by atoms with Crippen molar-refractivity contribution in [2.24, 2.45) is 29.1 Å². The van der Waals surface area contributed by atoms with E-state index in [1.54, 1.807) is 5.57 Å². The predicted molar refractivity (Wildman–Crippen MR) is 134 cm³/mol. The van der Waals surface area contributed by atoms with Crippen molar-refractivity contribution in [3.8, 4) is 0 Å².